The predicted octanol–water partition coefficient (Wildman–Crippen LogP) is -2.93. The highest BCUT2D eigenvalue weighted by Crippen LogP contribution is 2.40. The van der Waals surface area contributed by atoms with Crippen LogP contribution in [0, 0.1) is 0 Å². The second kappa shape index (κ2) is 6.01. The summed E-state index contributed by atoms with van der Waals surface area (Å²) in [6.45, 7) is 1.70. The van der Waals surface area contributed by atoms with Crippen molar-refractivity contribution < 1.29 is 34.3 Å². The van der Waals surface area contributed by atoms with Gasteiger partial charge in [0.25, 0.3) is 5.79 Å². The fourth-order valence-corrected chi connectivity index (χ4v) is 3.68. The maximum atomic E-state index is 12.2. The lowest BCUT2D eigenvalue weighted by Crippen LogP contribution is -2.77. The van der Waals surface area contributed by atoms with Gasteiger partial charge in [-0.2, -0.15) is 0 Å². The normalized spacial score (nSPS) is 53.6. The first-order valence-electron chi connectivity index (χ1n) is 7.78. The van der Waals surface area contributed by atoms with Crippen molar-refractivity contribution in [3.63, 3.8) is 0 Å². The average molecular weight is 332 g/mol. The smallest absolute Gasteiger partial charge is 0.280 e. The first kappa shape index (κ1) is 17.2. The molecule has 9 atom stereocenters. The molecule has 2 saturated heterocycles. The first-order chi connectivity index (χ1) is 10.8. The molecule has 9 heteroatoms. The molecule has 1 aliphatic carbocycles. The van der Waals surface area contributed by atoms with E-state index in [-0.39, 0.29) is 6.42 Å². The minimum absolute atomic E-state index is 0.00220. The number of likely N-dealkylation sites (N-methyl/N-ethyl adjacent to an activating group) is 2. The SMILES string of the molecule is CN[C@H]1[C@@H](O)[C@@H](NC)[C@@H]2O[C@@]3(O)C(=O)C[C@H](C)O[C@@H]3O[C@@H]2[C@H]1O. The number of ketones is 1. The van der Waals surface area contributed by atoms with Gasteiger partial charge in [-0.15, -0.1) is 0 Å². The van der Waals surface area contributed by atoms with Gasteiger partial charge in [-0.05, 0) is 21.0 Å². The number of rotatable bonds is 2. The molecular weight excluding hydrogens is 308 g/mol. The number of nitrogens with one attached hydrogen (secondary N) is 2. The number of carbonyl (C=O) groups excluding carboxylic acids is 1. The Morgan fingerprint density at radius 3 is 2.35 bits per heavy atom. The summed E-state index contributed by atoms with van der Waals surface area (Å²) in [5, 5.41) is 37.2. The van der Waals surface area contributed by atoms with Gasteiger partial charge in [0.1, 0.15) is 18.3 Å². The largest absolute Gasteiger partial charge is 0.390 e. The van der Waals surface area contributed by atoms with Crippen LogP contribution in [0.15, 0.2) is 0 Å². The van der Waals surface area contributed by atoms with Gasteiger partial charge in [-0.3, -0.25) is 4.79 Å². The van der Waals surface area contributed by atoms with Crippen molar-refractivity contribution in [2.75, 3.05) is 14.1 Å². The Labute approximate surface area is 133 Å². The summed E-state index contributed by atoms with van der Waals surface area (Å²) in [5.41, 5.74) is 0. The number of aliphatic hydroxyl groups is 3. The number of aliphatic hydroxyl groups excluding tert-OH is 2. The zero-order valence-electron chi connectivity index (χ0n) is 13.3. The Morgan fingerprint density at radius 1 is 1.09 bits per heavy atom. The third-order valence-corrected chi connectivity index (χ3v) is 4.93. The minimum Gasteiger partial charge on any atom is -0.390 e. The summed E-state index contributed by atoms with van der Waals surface area (Å²) in [5.74, 6) is -2.76. The van der Waals surface area contributed by atoms with Crippen molar-refractivity contribution in [1.82, 2.24) is 10.6 Å². The van der Waals surface area contributed by atoms with Crippen LogP contribution in [0.1, 0.15) is 13.3 Å². The quantitative estimate of drug-likeness (QED) is 0.361. The molecule has 0 aromatic rings. The maximum Gasteiger partial charge on any atom is 0.280 e. The summed E-state index contributed by atoms with van der Waals surface area (Å²) >= 11 is 0. The Kier molecular flexibility index (Phi) is 4.49. The van der Waals surface area contributed by atoms with Crippen LogP contribution >= 0.6 is 0 Å². The van der Waals surface area contributed by atoms with E-state index >= 15 is 0 Å². The Balaban J connectivity index is 1.92. The van der Waals surface area contributed by atoms with Gasteiger partial charge in [-0.1, -0.05) is 0 Å². The second-order valence-electron chi connectivity index (χ2n) is 6.40. The van der Waals surface area contributed by atoms with E-state index in [1.165, 1.54) is 0 Å². The van der Waals surface area contributed by atoms with Crippen LogP contribution in [-0.4, -0.2) is 89.9 Å². The standard InChI is InChI=1S/C14H24N2O7/c1-5-4-6(17)14(20)13(21-5)22-12-10(19)7(15-2)9(18)8(16-3)11(12)23-14/h5,7-13,15-16,18-20H,4H2,1-3H3/t5-,7-,8+,9+,10-,11-,12+,13+,14-/m0/s1. The lowest BCUT2D eigenvalue weighted by Gasteiger charge is -2.55. The Hall–Kier alpha value is -0.650. The third-order valence-electron chi connectivity index (χ3n) is 4.93. The van der Waals surface area contributed by atoms with E-state index in [0.717, 1.165) is 0 Å². The van der Waals surface area contributed by atoms with Crippen LogP contribution in [0.3, 0.4) is 0 Å². The van der Waals surface area contributed by atoms with Crippen molar-refractivity contribution in [2.24, 2.45) is 0 Å². The van der Waals surface area contributed by atoms with Gasteiger partial charge in [0.15, 0.2) is 5.78 Å². The van der Waals surface area contributed by atoms with E-state index < -0.39 is 60.5 Å². The molecule has 0 spiro atoms. The summed E-state index contributed by atoms with van der Waals surface area (Å²) < 4.78 is 16.8. The Bertz CT molecular complexity index is 478. The zero-order valence-corrected chi connectivity index (χ0v) is 13.3. The lowest BCUT2D eigenvalue weighted by molar-refractivity contribution is -0.420. The van der Waals surface area contributed by atoms with E-state index in [2.05, 4.69) is 10.6 Å². The number of carbonyl (C=O) groups is 1. The van der Waals surface area contributed by atoms with E-state index in [0.29, 0.717) is 0 Å². The van der Waals surface area contributed by atoms with Crippen LogP contribution in [0.25, 0.3) is 0 Å². The highest BCUT2D eigenvalue weighted by molar-refractivity contribution is 5.87. The molecule has 23 heavy (non-hydrogen) atoms. The van der Waals surface area contributed by atoms with Crippen molar-refractivity contribution in [1.29, 1.82) is 0 Å². The second-order valence-corrected chi connectivity index (χ2v) is 6.40. The number of fused-ring (bicyclic) bond motifs is 2. The van der Waals surface area contributed by atoms with Crippen molar-refractivity contribution in [3.05, 3.63) is 0 Å². The number of hydrogen-bond donors (Lipinski definition) is 5. The monoisotopic (exact) mass is 332 g/mol. The molecular formula is C14H24N2O7. The topological polar surface area (TPSA) is 130 Å². The molecule has 1 saturated carbocycles. The summed E-state index contributed by atoms with van der Waals surface area (Å²) in [6.07, 6.45) is -5.58. The van der Waals surface area contributed by atoms with Crippen LogP contribution in [0.5, 0.6) is 0 Å². The number of ether oxygens (including phenoxy) is 3. The lowest BCUT2D eigenvalue weighted by atomic mass is 9.80. The van der Waals surface area contributed by atoms with Gasteiger partial charge < -0.3 is 40.2 Å². The Morgan fingerprint density at radius 2 is 1.74 bits per heavy atom. The van der Waals surface area contributed by atoms with Crippen LogP contribution < -0.4 is 10.6 Å². The van der Waals surface area contributed by atoms with Crippen molar-refractivity contribution in [3.8, 4) is 0 Å². The first-order valence-corrected chi connectivity index (χ1v) is 7.78. The summed E-state index contributed by atoms with van der Waals surface area (Å²) in [4.78, 5) is 12.2. The molecule has 3 fully saturated rings. The minimum atomic E-state index is -2.23. The molecule has 0 aromatic heterocycles. The van der Waals surface area contributed by atoms with E-state index in [1.807, 2.05) is 0 Å². The van der Waals surface area contributed by atoms with Crippen LogP contribution in [0.2, 0.25) is 0 Å². The molecule has 0 bridgehead atoms. The zero-order chi connectivity index (χ0) is 16.9. The fraction of sp³-hybridized carbons (Fsp3) is 0.929. The number of Topliss-reactive ketones (excluding diaryl/α,β-unsaturated/α-hetero) is 1. The fourth-order valence-electron chi connectivity index (χ4n) is 3.68. The summed E-state index contributed by atoms with van der Waals surface area (Å²) in [6, 6.07) is -1.29. The van der Waals surface area contributed by atoms with E-state index in [1.54, 1.807) is 21.0 Å². The highest BCUT2D eigenvalue weighted by Gasteiger charge is 2.63. The molecule has 3 rings (SSSR count). The van der Waals surface area contributed by atoms with Crippen LogP contribution in [0.4, 0.5) is 0 Å². The molecule has 0 radical (unpaired) electrons. The molecule has 0 aromatic carbocycles. The predicted molar refractivity (Wildman–Crippen MR) is 76.4 cm³/mol. The molecule has 9 nitrogen and oxygen atoms in total. The molecule has 5 N–H and O–H groups in total. The van der Waals surface area contributed by atoms with Gasteiger partial charge in [0.05, 0.1) is 24.3 Å². The molecule has 2 aliphatic heterocycles. The number of hydrogen-bond acceptors (Lipinski definition) is 9. The molecule has 0 amide bonds. The van der Waals surface area contributed by atoms with E-state index in [4.69, 9.17) is 14.2 Å². The van der Waals surface area contributed by atoms with Gasteiger partial charge >= 0.3 is 0 Å². The summed E-state index contributed by atoms with van der Waals surface area (Å²) in [7, 11) is 3.24. The van der Waals surface area contributed by atoms with E-state index in [9.17, 15) is 20.1 Å². The molecule has 132 valence electrons. The molecule has 3 aliphatic rings. The average Bonchev–Trinajstić information content (AvgIpc) is 2.49. The maximum absolute atomic E-state index is 12.2. The van der Waals surface area contributed by atoms with Gasteiger partial charge in [-0.25, -0.2) is 0 Å². The third kappa shape index (κ3) is 2.52. The molecule has 2 heterocycles. The van der Waals surface area contributed by atoms with Crippen LogP contribution in [-0.2, 0) is 19.0 Å². The highest BCUT2D eigenvalue weighted by atomic mass is 16.8. The van der Waals surface area contributed by atoms with Gasteiger partial charge in [0.2, 0.25) is 6.29 Å². The molecule has 0 unspecified atom stereocenters. The van der Waals surface area contributed by atoms with Crippen molar-refractivity contribution >= 4 is 5.78 Å². The van der Waals surface area contributed by atoms with Gasteiger partial charge in [0, 0.05) is 6.42 Å². The van der Waals surface area contributed by atoms with Crippen molar-refractivity contribution in [2.45, 2.75) is 68.0 Å².